The summed E-state index contributed by atoms with van der Waals surface area (Å²) in [7, 11) is -3.55. The topological polar surface area (TPSA) is 49.4 Å². The summed E-state index contributed by atoms with van der Waals surface area (Å²) in [5.74, 6) is -0.237. The fourth-order valence-corrected chi connectivity index (χ4v) is 5.19. The number of sulfonamides is 1. The first-order valence-corrected chi connectivity index (χ1v) is 11.5. The minimum absolute atomic E-state index is 0.237. The van der Waals surface area contributed by atoms with E-state index >= 15 is 0 Å². The van der Waals surface area contributed by atoms with Crippen molar-refractivity contribution in [2.45, 2.75) is 38.1 Å². The molecule has 0 atom stereocenters. The zero-order valence-corrected chi connectivity index (χ0v) is 17.5. The van der Waals surface area contributed by atoms with Gasteiger partial charge in [-0.05, 0) is 49.2 Å². The molecular formula is C20H24Cl2N2O2S. The lowest BCUT2D eigenvalue weighted by molar-refractivity contribution is 0.221. The maximum Gasteiger partial charge on any atom is 0.216 e. The molecule has 0 unspecified atom stereocenters. The number of halogens is 2. The van der Waals surface area contributed by atoms with Crippen molar-refractivity contribution in [1.82, 2.24) is 9.62 Å². The second kappa shape index (κ2) is 9.39. The molecule has 4 nitrogen and oxygen atoms in total. The number of piperidine rings is 1. The third-order valence-electron chi connectivity index (χ3n) is 4.74. The van der Waals surface area contributed by atoms with E-state index in [1.54, 1.807) is 18.2 Å². The van der Waals surface area contributed by atoms with Gasteiger partial charge in [-0.15, -0.1) is 0 Å². The van der Waals surface area contributed by atoms with Gasteiger partial charge in [-0.2, -0.15) is 0 Å². The van der Waals surface area contributed by atoms with Gasteiger partial charge >= 0.3 is 0 Å². The van der Waals surface area contributed by atoms with E-state index in [0.717, 1.165) is 25.2 Å². The SMILES string of the molecule is O=S(=O)(Cc1c(Cl)cccc1Cl)NCc1cccc(CN2CCCCC2)c1. The summed E-state index contributed by atoms with van der Waals surface area (Å²) < 4.78 is 27.5. The summed E-state index contributed by atoms with van der Waals surface area (Å²) in [6, 6.07) is 13.1. The molecule has 0 radical (unpaired) electrons. The monoisotopic (exact) mass is 426 g/mol. The van der Waals surface area contributed by atoms with Gasteiger partial charge in [0.1, 0.15) is 0 Å². The fraction of sp³-hybridized carbons (Fsp3) is 0.400. The third kappa shape index (κ3) is 6.19. The fourth-order valence-electron chi connectivity index (χ4n) is 3.32. The molecule has 0 amide bonds. The molecule has 2 aromatic rings. The average molecular weight is 427 g/mol. The van der Waals surface area contributed by atoms with Crippen molar-refractivity contribution in [1.29, 1.82) is 0 Å². The molecule has 7 heteroatoms. The van der Waals surface area contributed by atoms with Gasteiger partial charge in [0.15, 0.2) is 0 Å². The first-order chi connectivity index (χ1) is 12.9. The van der Waals surface area contributed by atoms with E-state index in [2.05, 4.69) is 21.8 Å². The first kappa shape index (κ1) is 20.6. The highest BCUT2D eigenvalue weighted by Gasteiger charge is 2.16. The summed E-state index contributed by atoms with van der Waals surface area (Å²) in [6.45, 7) is 3.43. The zero-order chi connectivity index (χ0) is 19.3. The predicted octanol–water partition coefficient (Wildman–Crippen LogP) is 4.60. The molecule has 0 spiro atoms. The van der Waals surface area contributed by atoms with Crippen LogP contribution in [0.25, 0.3) is 0 Å². The van der Waals surface area contributed by atoms with E-state index in [1.807, 2.05) is 12.1 Å². The summed E-state index contributed by atoms with van der Waals surface area (Å²) in [5.41, 5.74) is 2.58. The van der Waals surface area contributed by atoms with Crippen LogP contribution in [-0.2, 0) is 28.9 Å². The molecule has 1 aliphatic heterocycles. The summed E-state index contributed by atoms with van der Waals surface area (Å²) in [6.07, 6.45) is 3.82. The molecular weight excluding hydrogens is 403 g/mol. The van der Waals surface area contributed by atoms with Gasteiger partial charge in [-0.25, -0.2) is 13.1 Å². The Kier molecular flexibility index (Phi) is 7.17. The van der Waals surface area contributed by atoms with Crippen LogP contribution in [0.15, 0.2) is 42.5 Å². The quantitative estimate of drug-likeness (QED) is 0.703. The molecule has 0 bridgehead atoms. The minimum atomic E-state index is -3.55. The molecule has 1 saturated heterocycles. The molecule has 1 fully saturated rings. The molecule has 0 aromatic heterocycles. The van der Waals surface area contributed by atoms with Gasteiger partial charge < -0.3 is 0 Å². The summed E-state index contributed by atoms with van der Waals surface area (Å²) in [5, 5.41) is 0.716. The van der Waals surface area contributed by atoms with Gasteiger partial charge in [-0.1, -0.05) is 60.0 Å². The van der Waals surface area contributed by atoms with Crippen LogP contribution in [0.4, 0.5) is 0 Å². The van der Waals surface area contributed by atoms with Crippen molar-refractivity contribution in [3.8, 4) is 0 Å². The minimum Gasteiger partial charge on any atom is -0.299 e. The van der Waals surface area contributed by atoms with Crippen LogP contribution in [0, 0.1) is 0 Å². The highest BCUT2D eigenvalue weighted by Crippen LogP contribution is 2.26. The van der Waals surface area contributed by atoms with Crippen LogP contribution in [0.1, 0.15) is 36.0 Å². The van der Waals surface area contributed by atoms with Crippen molar-refractivity contribution in [3.05, 3.63) is 69.2 Å². The maximum absolute atomic E-state index is 12.4. The predicted molar refractivity (Wildman–Crippen MR) is 111 cm³/mol. The second-order valence-electron chi connectivity index (χ2n) is 6.94. The molecule has 1 aliphatic rings. The van der Waals surface area contributed by atoms with Crippen LogP contribution < -0.4 is 4.72 Å². The molecule has 27 heavy (non-hydrogen) atoms. The van der Waals surface area contributed by atoms with Crippen molar-refractivity contribution in [2.75, 3.05) is 13.1 Å². The van der Waals surface area contributed by atoms with Gasteiger partial charge in [0, 0.05) is 28.7 Å². The molecule has 1 N–H and O–H groups in total. The zero-order valence-electron chi connectivity index (χ0n) is 15.1. The maximum atomic E-state index is 12.4. The summed E-state index contributed by atoms with van der Waals surface area (Å²) in [4.78, 5) is 2.45. The van der Waals surface area contributed by atoms with E-state index in [1.165, 1.54) is 24.8 Å². The van der Waals surface area contributed by atoms with E-state index in [9.17, 15) is 8.42 Å². The molecule has 146 valence electrons. The Morgan fingerprint density at radius 3 is 2.26 bits per heavy atom. The Labute approximate surface area is 171 Å². The van der Waals surface area contributed by atoms with E-state index < -0.39 is 10.0 Å². The standard InChI is InChI=1S/C20H24Cl2N2O2S/c21-19-8-5-9-20(22)18(19)15-27(25,26)23-13-16-6-4-7-17(12-16)14-24-10-2-1-3-11-24/h4-9,12,23H,1-3,10-11,13-15H2. The highest BCUT2D eigenvalue weighted by molar-refractivity contribution is 7.88. The number of hydrogen-bond donors (Lipinski definition) is 1. The Bertz CT molecular complexity index is 861. The Morgan fingerprint density at radius 2 is 1.56 bits per heavy atom. The lowest BCUT2D eigenvalue weighted by atomic mass is 10.1. The largest absolute Gasteiger partial charge is 0.299 e. The molecule has 3 rings (SSSR count). The number of rotatable bonds is 7. The Balaban J connectivity index is 1.61. The Hall–Kier alpha value is -1.11. The van der Waals surface area contributed by atoms with Crippen molar-refractivity contribution >= 4 is 33.2 Å². The van der Waals surface area contributed by atoms with Gasteiger partial charge in [-0.3, -0.25) is 4.90 Å². The van der Waals surface area contributed by atoms with Crippen LogP contribution in [0.2, 0.25) is 10.0 Å². The number of likely N-dealkylation sites (tertiary alicyclic amines) is 1. The van der Waals surface area contributed by atoms with Crippen molar-refractivity contribution < 1.29 is 8.42 Å². The lowest BCUT2D eigenvalue weighted by Crippen LogP contribution is -2.29. The van der Waals surface area contributed by atoms with E-state index in [4.69, 9.17) is 23.2 Å². The van der Waals surface area contributed by atoms with Gasteiger partial charge in [0.25, 0.3) is 0 Å². The van der Waals surface area contributed by atoms with Gasteiger partial charge in [0.05, 0.1) is 5.75 Å². The second-order valence-corrected chi connectivity index (χ2v) is 9.56. The smallest absolute Gasteiger partial charge is 0.216 e. The molecule has 1 heterocycles. The van der Waals surface area contributed by atoms with Crippen molar-refractivity contribution in [3.63, 3.8) is 0 Å². The highest BCUT2D eigenvalue weighted by atomic mass is 35.5. The van der Waals surface area contributed by atoms with E-state index in [-0.39, 0.29) is 12.3 Å². The molecule has 0 saturated carbocycles. The lowest BCUT2D eigenvalue weighted by Gasteiger charge is -2.26. The normalized spacial score (nSPS) is 15.8. The summed E-state index contributed by atoms with van der Waals surface area (Å²) >= 11 is 12.2. The first-order valence-electron chi connectivity index (χ1n) is 9.13. The third-order valence-corrected chi connectivity index (χ3v) is 6.70. The van der Waals surface area contributed by atoms with Crippen LogP contribution in [0.5, 0.6) is 0 Å². The molecule has 2 aromatic carbocycles. The number of nitrogens with zero attached hydrogens (tertiary/aromatic N) is 1. The Morgan fingerprint density at radius 1 is 0.926 bits per heavy atom. The van der Waals surface area contributed by atoms with Gasteiger partial charge in [0.2, 0.25) is 10.0 Å². The van der Waals surface area contributed by atoms with Crippen molar-refractivity contribution in [2.24, 2.45) is 0 Å². The average Bonchev–Trinajstić information content (AvgIpc) is 2.65. The number of hydrogen-bond acceptors (Lipinski definition) is 3. The van der Waals surface area contributed by atoms with Crippen LogP contribution in [-0.4, -0.2) is 26.4 Å². The van der Waals surface area contributed by atoms with E-state index in [0.29, 0.717) is 15.6 Å². The van der Waals surface area contributed by atoms with Crippen LogP contribution >= 0.6 is 23.2 Å². The number of nitrogens with one attached hydrogen (secondary N) is 1. The molecule has 0 aliphatic carbocycles. The van der Waals surface area contributed by atoms with Crippen LogP contribution in [0.3, 0.4) is 0 Å². The number of benzene rings is 2.